The number of carbonyl (C=O) groups excluding carboxylic acids is 1. The molecule has 3 aromatic rings. The number of amides is 1. The van der Waals surface area contributed by atoms with E-state index in [1.165, 1.54) is 0 Å². The maximum atomic E-state index is 13.3. The largest absolute Gasteiger partial charge is 0.489 e. The Balaban J connectivity index is 1.55. The Morgan fingerprint density at radius 3 is 2.26 bits per heavy atom. The number of para-hydroxylation sites is 1. The summed E-state index contributed by atoms with van der Waals surface area (Å²) >= 11 is 5.80. The van der Waals surface area contributed by atoms with Crippen molar-refractivity contribution in [1.82, 2.24) is 5.32 Å². The van der Waals surface area contributed by atoms with Crippen molar-refractivity contribution < 1.29 is 18.3 Å². The molecular formula is C21H16ClF2NO2. The van der Waals surface area contributed by atoms with Crippen LogP contribution in [0.4, 0.5) is 8.78 Å². The van der Waals surface area contributed by atoms with Gasteiger partial charge in [0.15, 0.2) is 11.6 Å². The predicted octanol–water partition coefficient (Wildman–Crippen LogP) is 5.13. The van der Waals surface area contributed by atoms with Crippen molar-refractivity contribution in [2.75, 3.05) is 0 Å². The molecule has 0 saturated carbocycles. The van der Waals surface area contributed by atoms with Crippen LogP contribution in [-0.4, -0.2) is 5.91 Å². The molecule has 0 atom stereocenters. The van der Waals surface area contributed by atoms with Crippen molar-refractivity contribution in [2.45, 2.75) is 13.2 Å². The van der Waals surface area contributed by atoms with Gasteiger partial charge in [-0.1, -0.05) is 54.1 Å². The van der Waals surface area contributed by atoms with Gasteiger partial charge < -0.3 is 10.1 Å². The molecule has 0 aliphatic heterocycles. The molecule has 3 aromatic carbocycles. The summed E-state index contributed by atoms with van der Waals surface area (Å²) in [6.45, 7) is 0.662. The third-order valence-electron chi connectivity index (χ3n) is 3.88. The number of hydrogen-bond donors (Lipinski definition) is 1. The molecule has 3 nitrogen and oxygen atoms in total. The second kappa shape index (κ2) is 8.64. The van der Waals surface area contributed by atoms with Gasteiger partial charge in [0.25, 0.3) is 5.91 Å². The molecule has 0 heterocycles. The van der Waals surface area contributed by atoms with Crippen molar-refractivity contribution in [2.24, 2.45) is 0 Å². The second-order valence-corrected chi connectivity index (χ2v) is 6.25. The van der Waals surface area contributed by atoms with Gasteiger partial charge in [-0.15, -0.1) is 0 Å². The van der Waals surface area contributed by atoms with Crippen molar-refractivity contribution in [1.29, 1.82) is 0 Å². The van der Waals surface area contributed by atoms with E-state index in [2.05, 4.69) is 5.32 Å². The first-order valence-electron chi connectivity index (χ1n) is 8.21. The first-order valence-corrected chi connectivity index (χ1v) is 8.59. The van der Waals surface area contributed by atoms with Crippen molar-refractivity contribution in [3.63, 3.8) is 0 Å². The van der Waals surface area contributed by atoms with Crippen LogP contribution in [0, 0.1) is 11.6 Å². The third kappa shape index (κ3) is 5.05. The van der Waals surface area contributed by atoms with Gasteiger partial charge >= 0.3 is 0 Å². The summed E-state index contributed by atoms with van der Waals surface area (Å²) in [5, 5.41) is 2.50. The van der Waals surface area contributed by atoms with Crippen LogP contribution in [0.5, 0.6) is 5.75 Å². The van der Waals surface area contributed by atoms with E-state index >= 15 is 0 Å². The van der Waals surface area contributed by atoms with Crippen LogP contribution in [0.25, 0.3) is 0 Å². The Labute approximate surface area is 160 Å². The van der Waals surface area contributed by atoms with E-state index in [9.17, 15) is 13.6 Å². The summed E-state index contributed by atoms with van der Waals surface area (Å²) in [6, 6.07) is 18.6. The van der Waals surface area contributed by atoms with Gasteiger partial charge in [-0.25, -0.2) is 8.78 Å². The van der Waals surface area contributed by atoms with Gasteiger partial charge in [0.05, 0.1) is 10.6 Å². The van der Waals surface area contributed by atoms with Gasteiger partial charge in [-0.05, 0) is 35.4 Å². The fourth-order valence-electron chi connectivity index (χ4n) is 2.41. The standard InChI is InChI=1S/C21H16ClF2NO2/c22-18-11-20(24)19(23)10-17(18)21(26)25-12-14-6-8-15(9-7-14)13-27-16-4-2-1-3-5-16/h1-11H,12-13H2,(H,25,26). The number of benzene rings is 3. The van der Waals surface area contributed by atoms with Gasteiger partial charge in [0.2, 0.25) is 0 Å². The molecule has 0 aliphatic carbocycles. The van der Waals surface area contributed by atoms with E-state index in [1.54, 1.807) is 0 Å². The lowest BCUT2D eigenvalue weighted by Gasteiger charge is -2.09. The molecule has 0 unspecified atom stereocenters. The zero-order valence-corrected chi connectivity index (χ0v) is 15.0. The molecule has 0 saturated heterocycles. The predicted molar refractivity (Wildman–Crippen MR) is 99.8 cm³/mol. The Morgan fingerprint density at radius 2 is 1.56 bits per heavy atom. The first-order chi connectivity index (χ1) is 13.0. The summed E-state index contributed by atoms with van der Waals surface area (Å²) in [7, 11) is 0. The summed E-state index contributed by atoms with van der Waals surface area (Å²) < 4.78 is 32.0. The molecule has 1 N–H and O–H groups in total. The average molecular weight is 388 g/mol. The van der Waals surface area contributed by atoms with E-state index in [1.807, 2.05) is 54.6 Å². The molecule has 1 amide bonds. The molecule has 0 bridgehead atoms. The zero-order chi connectivity index (χ0) is 19.2. The van der Waals surface area contributed by atoms with Crippen LogP contribution in [0.15, 0.2) is 66.7 Å². The van der Waals surface area contributed by atoms with Gasteiger partial charge in [0.1, 0.15) is 12.4 Å². The maximum absolute atomic E-state index is 13.3. The van der Waals surface area contributed by atoms with E-state index in [0.29, 0.717) is 6.61 Å². The lowest BCUT2D eigenvalue weighted by Crippen LogP contribution is -2.23. The summed E-state index contributed by atoms with van der Waals surface area (Å²) in [5.41, 5.74) is 1.73. The number of halogens is 3. The van der Waals surface area contributed by atoms with Gasteiger partial charge in [0, 0.05) is 6.54 Å². The Bertz CT molecular complexity index is 931. The SMILES string of the molecule is O=C(NCc1ccc(COc2ccccc2)cc1)c1cc(F)c(F)cc1Cl. The zero-order valence-electron chi connectivity index (χ0n) is 14.2. The number of ether oxygens (including phenoxy) is 1. The quantitative estimate of drug-likeness (QED) is 0.596. The monoisotopic (exact) mass is 387 g/mol. The lowest BCUT2D eigenvalue weighted by molar-refractivity contribution is 0.0950. The number of rotatable bonds is 6. The van der Waals surface area contributed by atoms with Crippen LogP contribution in [0.1, 0.15) is 21.5 Å². The minimum Gasteiger partial charge on any atom is -0.489 e. The molecule has 6 heteroatoms. The lowest BCUT2D eigenvalue weighted by atomic mass is 10.1. The molecule has 0 aliphatic rings. The molecule has 0 spiro atoms. The fourth-order valence-corrected chi connectivity index (χ4v) is 2.65. The first kappa shape index (κ1) is 18.9. The second-order valence-electron chi connectivity index (χ2n) is 5.85. The van der Waals surface area contributed by atoms with Crippen molar-refractivity contribution >= 4 is 17.5 Å². The van der Waals surface area contributed by atoms with Crippen LogP contribution in [-0.2, 0) is 13.2 Å². The highest BCUT2D eigenvalue weighted by atomic mass is 35.5. The molecular weight excluding hydrogens is 372 g/mol. The molecule has 3 rings (SSSR count). The highest BCUT2D eigenvalue weighted by molar-refractivity contribution is 6.33. The van der Waals surface area contributed by atoms with Crippen LogP contribution < -0.4 is 10.1 Å². The Morgan fingerprint density at radius 1 is 0.926 bits per heavy atom. The van der Waals surface area contributed by atoms with Crippen LogP contribution in [0.3, 0.4) is 0 Å². The highest BCUT2D eigenvalue weighted by Gasteiger charge is 2.14. The number of hydrogen-bond acceptors (Lipinski definition) is 2. The summed E-state index contributed by atoms with van der Waals surface area (Å²) in [5.74, 6) is -2.00. The van der Waals surface area contributed by atoms with Crippen molar-refractivity contribution in [3.05, 3.63) is 100 Å². The van der Waals surface area contributed by atoms with Gasteiger partial charge in [-0.2, -0.15) is 0 Å². The molecule has 0 fully saturated rings. The summed E-state index contributed by atoms with van der Waals surface area (Å²) in [6.07, 6.45) is 0. The highest BCUT2D eigenvalue weighted by Crippen LogP contribution is 2.20. The van der Waals surface area contributed by atoms with E-state index < -0.39 is 17.5 Å². The van der Waals surface area contributed by atoms with E-state index in [-0.39, 0.29) is 17.1 Å². The molecule has 138 valence electrons. The average Bonchev–Trinajstić information content (AvgIpc) is 2.69. The van der Waals surface area contributed by atoms with Crippen LogP contribution >= 0.6 is 11.6 Å². The van der Waals surface area contributed by atoms with Gasteiger partial charge in [-0.3, -0.25) is 4.79 Å². The third-order valence-corrected chi connectivity index (χ3v) is 4.19. The molecule has 0 radical (unpaired) electrons. The Kier molecular flexibility index (Phi) is 6.04. The maximum Gasteiger partial charge on any atom is 0.253 e. The smallest absolute Gasteiger partial charge is 0.253 e. The molecule has 27 heavy (non-hydrogen) atoms. The van der Waals surface area contributed by atoms with E-state index in [0.717, 1.165) is 29.0 Å². The Hall–Kier alpha value is -2.92. The topological polar surface area (TPSA) is 38.3 Å². The summed E-state index contributed by atoms with van der Waals surface area (Å²) in [4.78, 5) is 12.1. The minimum atomic E-state index is -1.12. The number of carbonyl (C=O) groups is 1. The fraction of sp³-hybridized carbons (Fsp3) is 0.0952. The number of nitrogens with one attached hydrogen (secondary N) is 1. The van der Waals surface area contributed by atoms with Crippen molar-refractivity contribution in [3.8, 4) is 5.75 Å². The minimum absolute atomic E-state index is 0.108. The van der Waals surface area contributed by atoms with E-state index in [4.69, 9.17) is 16.3 Å². The molecule has 0 aromatic heterocycles. The normalized spacial score (nSPS) is 10.5. The van der Waals surface area contributed by atoms with Crippen LogP contribution in [0.2, 0.25) is 5.02 Å².